The van der Waals surface area contributed by atoms with Crippen LogP contribution in [0.3, 0.4) is 0 Å². The third kappa shape index (κ3) is 4.42. The first-order valence-electron chi connectivity index (χ1n) is 5.75. The van der Waals surface area contributed by atoms with Crippen LogP contribution >= 0.6 is 11.6 Å². The van der Waals surface area contributed by atoms with Crippen LogP contribution in [0.4, 0.5) is 0 Å². The van der Waals surface area contributed by atoms with E-state index in [-0.39, 0.29) is 0 Å². The number of halogens is 1. The zero-order valence-electron chi connectivity index (χ0n) is 10.2. The van der Waals surface area contributed by atoms with E-state index < -0.39 is 0 Å². The molecule has 0 heterocycles. The van der Waals surface area contributed by atoms with Crippen molar-refractivity contribution in [3.05, 3.63) is 28.8 Å². The molecule has 0 radical (unpaired) electrons. The van der Waals surface area contributed by atoms with Gasteiger partial charge in [-0.05, 0) is 38.0 Å². The molecule has 0 amide bonds. The molecule has 1 rings (SSSR count). The first kappa shape index (κ1) is 13.3. The van der Waals surface area contributed by atoms with Crippen LogP contribution in [0, 0.1) is 6.92 Å². The summed E-state index contributed by atoms with van der Waals surface area (Å²) in [4.78, 5) is 0. The lowest BCUT2D eigenvalue weighted by Crippen LogP contribution is -2.29. The summed E-state index contributed by atoms with van der Waals surface area (Å²) >= 11 is 6.02. The standard InChI is InChI=1S/C13H20ClNO/c1-4-11(3)15-7-8-16-13-9-10(2)5-6-12(13)14/h5-6,9,11,15H,4,7-8H2,1-3H3/t11-/m1/s1. The molecule has 0 unspecified atom stereocenters. The first-order chi connectivity index (χ1) is 7.63. The van der Waals surface area contributed by atoms with Crippen molar-refractivity contribution >= 4 is 11.6 Å². The molecule has 1 aromatic carbocycles. The molecule has 0 bridgehead atoms. The van der Waals surface area contributed by atoms with Crippen molar-refractivity contribution in [1.82, 2.24) is 5.32 Å². The average molecular weight is 242 g/mol. The van der Waals surface area contributed by atoms with E-state index in [9.17, 15) is 0 Å². The van der Waals surface area contributed by atoms with Gasteiger partial charge in [0.2, 0.25) is 0 Å². The summed E-state index contributed by atoms with van der Waals surface area (Å²) in [6, 6.07) is 6.35. The van der Waals surface area contributed by atoms with Crippen LogP contribution in [0.15, 0.2) is 18.2 Å². The summed E-state index contributed by atoms with van der Waals surface area (Å²) in [5.41, 5.74) is 1.16. The molecule has 0 aliphatic rings. The smallest absolute Gasteiger partial charge is 0.138 e. The summed E-state index contributed by atoms with van der Waals surface area (Å²) in [7, 11) is 0. The van der Waals surface area contributed by atoms with Crippen LogP contribution in [-0.4, -0.2) is 19.2 Å². The molecule has 16 heavy (non-hydrogen) atoms. The number of hydrogen-bond acceptors (Lipinski definition) is 2. The molecule has 0 saturated carbocycles. The summed E-state index contributed by atoms with van der Waals surface area (Å²) in [5.74, 6) is 0.771. The van der Waals surface area contributed by atoms with Crippen molar-refractivity contribution < 1.29 is 4.74 Å². The lowest BCUT2D eigenvalue weighted by molar-refractivity contribution is 0.306. The molecule has 0 fully saturated rings. The molecule has 0 saturated heterocycles. The van der Waals surface area contributed by atoms with Gasteiger partial charge in [-0.1, -0.05) is 24.6 Å². The van der Waals surface area contributed by atoms with Crippen LogP contribution in [0.5, 0.6) is 5.75 Å². The highest BCUT2D eigenvalue weighted by molar-refractivity contribution is 6.32. The Kier molecular flexibility index (Phi) is 5.64. The van der Waals surface area contributed by atoms with Crippen molar-refractivity contribution in [3.8, 4) is 5.75 Å². The van der Waals surface area contributed by atoms with Gasteiger partial charge in [0.15, 0.2) is 0 Å². The molecule has 1 N–H and O–H groups in total. The lowest BCUT2D eigenvalue weighted by atomic mass is 10.2. The Morgan fingerprint density at radius 1 is 1.44 bits per heavy atom. The highest BCUT2D eigenvalue weighted by atomic mass is 35.5. The van der Waals surface area contributed by atoms with Crippen LogP contribution < -0.4 is 10.1 Å². The van der Waals surface area contributed by atoms with Gasteiger partial charge < -0.3 is 10.1 Å². The van der Waals surface area contributed by atoms with Crippen LogP contribution in [0.1, 0.15) is 25.8 Å². The van der Waals surface area contributed by atoms with Gasteiger partial charge in [-0.25, -0.2) is 0 Å². The average Bonchev–Trinajstić information content (AvgIpc) is 2.28. The van der Waals surface area contributed by atoms with Gasteiger partial charge in [0.05, 0.1) is 5.02 Å². The largest absolute Gasteiger partial charge is 0.491 e. The Balaban J connectivity index is 2.34. The Morgan fingerprint density at radius 2 is 2.19 bits per heavy atom. The summed E-state index contributed by atoms with van der Waals surface area (Å²) in [6.45, 7) is 7.85. The minimum Gasteiger partial charge on any atom is -0.491 e. The molecule has 1 aromatic rings. The van der Waals surface area contributed by atoms with Crippen LogP contribution in [0.2, 0.25) is 5.02 Å². The zero-order valence-corrected chi connectivity index (χ0v) is 11.0. The Bertz CT molecular complexity index is 328. The van der Waals surface area contributed by atoms with Crippen molar-refractivity contribution in [1.29, 1.82) is 0 Å². The number of ether oxygens (including phenoxy) is 1. The molecule has 0 spiro atoms. The molecule has 2 nitrogen and oxygen atoms in total. The first-order valence-corrected chi connectivity index (χ1v) is 6.13. The second-order valence-corrected chi connectivity index (χ2v) is 4.45. The Morgan fingerprint density at radius 3 is 2.88 bits per heavy atom. The van der Waals surface area contributed by atoms with Gasteiger partial charge in [0.25, 0.3) is 0 Å². The van der Waals surface area contributed by atoms with E-state index in [0.29, 0.717) is 17.7 Å². The van der Waals surface area contributed by atoms with Gasteiger partial charge in [0.1, 0.15) is 12.4 Å². The van der Waals surface area contributed by atoms with Crippen LogP contribution in [0.25, 0.3) is 0 Å². The predicted molar refractivity (Wildman–Crippen MR) is 69.4 cm³/mol. The normalized spacial score (nSPS) is 12.5. The van der Waals surface area contributed by atoms with Gasteiger partial charge in [-0.2, -0.15) is 0 Å². The third-order valence-corrected chi connectivity index (χ3v) is 2.86. The fourth-order valence-electron chi connectivity index (χ4n) is 1.33. The summed E-state index contributed by atoms with van der Waals surface area (Å²) in [5, 5.41) is 4.04. The maximum Gasteiger partial charge on any atom is 0.138 e. The quantitative estimate of drug-likeness (QED) is 0.771. The van der Waals surface area contributed by atoms with E-state index in [1.807, 2.05) is 25.1 Å². The fourth-order valence-corrected chi connectivity index (χ4v) is 1.50. The number of hydrogen-bond donors (Lipinski definition) is 1. The van der Waals surface area contributed by atoms with Crippen molar-refractivity contribution in [3.63, 3.8) is 0 Å². The minimum atomic E-state index is 0.539. The monoisotopic (exact) mass is 241 g/mol. The van der Waals surface area contributed by atoms with E-state index >= 15 is 0 Å². The summed E-state index contributed by atoms with van der Waals surface area (Å²) in [6.07, 6.45) is 1.13. The Labute approximate surface area is 103 Å². The van der Waals surface area contributed by atoms with Crippen molar-refractivity contribution in [2.45, 2.75) is 33.2 Å². The zero-order chi connectivity index (χ0) is 12.0. The second kappa shape index (κ2) is 6.77. The third-order valence-electron chi connectivity index (χ3n) is 2.55. The topological polar surface area (TPSA) is 21.3 Å². The van der Waals surface area contributed by atoms with Gasteiger partial charge in [-0.3, -0.25) is 0 Å². The number of aryl methyl sites for hydroxylation is 1. The number of benzene rings is 1. The molecule has 3 heteroatoms. The fraction of sp³-hybridized carbons (Fsp3) is 0.538. The van der Waals surface area contributed by atoms with Crippen molar-refractivity contribution in [2.24, 2.45) is 0 Å². The van der Waals surface area contributed by atoms with Crippen molar-refractivity contribution in [2.75, 3.05) is 13.2 Å². The van der Waals surface area contributed by atoms with E-state index in [2.05, 4.69) is 19.2 Å². The minimum absolute atomic E-state index is 0.539. The number of rotatable bonds is 6. The molecule has 90 valence electrons. The molecule has 0 aliphatic heterocycles. The van der Waals surface area contributed by atoms with Gasteiger partial charge >= 0.3 is 0 Å². The van der Waals surface area contributed by atoms with Crippen LogP contribution in [-0.2, 0) is 0 Å². The highest BCUT2D eigenvalue weighted by Crippen LogP contribution is 2.24. The number of nitrogens with one attached hydrogen (secondary N) is 1. The highest BCUT2D eigenvalue weighted by Gasteiger charge is 2.02. The van der Waals surface area contributed by atoms with E-state index in [4.69, 9.17) is 16.3 Å². The maximum atomic E-state index is 6.02. The van der Waals surface area contributed by atoms with E-state index in [1.54, 1.807) is 0 Å². The molecule has 0 aliphatic carbocycles. The lowest BCUT2D eigenvalue weighted by Gasteiger charge is -2.12. The maximum absolute atomic E-state index is 6.02. The van der Waals surface area contributed by atoms with E-state index in [0.717, 1.165) is 24.3 Å². The molecule has 0 aromatic heterocycles. The SMILES string of the molecule is CC[C@@H](C)NCCOc1cc(C)ccc1Cl. The predicted octanol–water partition coefficient (Wildman–Crippen LogP) is 3.42. The van der Waals surface area contributed by atoms with Gasteiger partial charge in [-0.15, -0.1) is 0 Å². The summed E-state index contributed by atoms with van der Waals surface area (Å²) < 4.78 is 5.62. The van der Waals surface area contributed by atoms with Gasteiger partial charge in [0, 0.05) is 12.6 Å². The van der Waals surface area contributed by atoms with E-state index in [1.165, 1.54) is 0 Å². The Hall–Kier alpha value is -0.730. The molecule has 1 atom stereocenters. The molecular formula is C13H20ClNO. The second-order valence-electron chi connectivity index (χ2n) is 4.05. The molecular weight excluding hydrogens is 222 g/mol.